The van der Waals surface area contributed by atoms with E-state index in [2.05, 4.69) is 6.58 Å². The SMILES string of the molecule is C=CCC(OC)C(C)S(N)(=O)=O. The minimum atomic E-state index is -3.51. The molecule has 2 unspecified atom stereocenters. The number of ether oxygens (including phenoxy) is 1. The second kappa shape index (κ2) is 4.59. The lowest BCUT2D eigenvalue weighted by atomic mass is 10.2. The highest BCUT2D eigenvalue weighted by Gasteiger charge is 2.25. The third-order valence-electron chi connectivity index (χ3n) is 1.74. The van der Waals surface area contributed by atoms with E-state index in [9.17, 15) is 8.42 Å². The molecule has 4 nitrogen and oxygen atoms in total. The first-order valence-electron chi connectivity index (χ1n) is 3.58. The van der Waals surface area contributed by atoms with Gasteiger partial charge in [0.15, 0.2) is 0 Å². The fraction of sp³-hybridized carbons (Fsp3) is 0.714. The van der Waals surface area contributed by atoms with Crippen molar-refractivity contribution in [3.05, 3.63) is 12.7 Å². The molecule has 0 fully saturated rings. The van der Waals surface area contributed by atoms with Crippen LogP contribution in [0.5, 0.6) is 0 Å². The maximum Gasteiger partial charge on any atom is 0.214 e. The molecule has 2 N–H and O–H groups in total. The molecule has 0 spiro atoms. The van der Waals surface area contributed by atoms with Gasteiger partial charge in [-0.1, -0.05) is 6.08 Å². The molecule has 5 heteroatoms. The van der Waals surface area contributed by atoms with Gasteiger partial charge in [0.25, 0.3) is 0 Å². The van der Waals surface area contributed by atoms with Gasteiger partial charge in [-0.25, -0.2) is 13.6 Å². The van der Waals surface area contributed by atoms with Crippen LogP contribution >= 0.6 is 0 Å². The Kier molecular flexibility index (Phi) is 4.44. The van der Waals surface area contributed by atoms with E-state index in [-0.39, 0.29) is 0 Å². The van der Waals surface area contributed by atoms with E-state index in [1.54, 1.807) is 6.08 Å². The first kappa shape index (κ1) is 11.6. The van der Waals surface area contributed by atoms with E-state index in [4.69, 9.17) is 9.88 Å². The van der Waals surface area contributed by atoms with Crippen molar-refractivity contribution in [2.45, 2.75) is 24.7 Å². The molecule has 0 heterocycles. The molecule has 0 aromatic carbocycles. The zero-order valence-electron chi connectivity index (χ0n) is 7.36. The largest absolute Gasteiger partial charge is 0.380 e. The van der Waals surface area contributed by atoms with E-state index in [0.717, 1.165) is 0 Å². The van der Waals surface area contributed by atoms with E-state index in [1.807, 2.05) is 0 Å². The summed E-state index contributed by atoms with van der Waals surface area (Å²) in [5, 5.41) is 4.25. The van der Waals surface area contributed by atoms with E-state index < -0.39 is 21.4 Å². The van der Waals surface area contributed by atoms with Gasteiger partial charge in [-0.3, -0.25) is 0 Å². The van der Waals surface area contributed by atoms with Gasteiger partial charge < -0.3 is 4.74 Å². The summed E-state index contributed by atoms with van der Waals surface area (Å²) in [6.07, 6.45) is 1.68. The van der Waals surface area contributed by atoms with Crippen LogP contribution in [0.4, 0.5) is 0 Å². The molecule has 2 atom stereocenters. The Morgan fingerprint density at radius 3 is 2.42 bits per heavy atom. The third kappa shape index (κ3) is 3.34. The maximum absolute atomic E-state index is 10.9. The van der Waals surface area contributed by atoms with Crippen molar-refractivity contribution in [1.82, 2.24) is 0 Å². The zero-order valence-corrected chi connectivity index (χ0v) is 8.17. The molecule has 0 saturated carbocycles. The number of nitrogens with two attached hydrogens (primary N) is 1. The van der Waals surface area contributed by atoms with Crippen molar-refractivity contribution < 1.29 is 13.2 Å². The van der Waals surface area contributed by atoms with E-state index >= 15 is 0 Å². The van der Waals surface area contributed by atoms with Crippen LogP contribution in [0.25, 0.3) is 0 Å². The summed E-state index contributed by atoms with van der Waals surface area (Å²) in [5.74, 6) is 0. The van der Waals surface area contributed by atoms with Crippen molar-refractivity contribution in [3.8, 4) is 0 Å². The summed E-state index contributed by atoms with van der Waals surface area (Å²) in [4.78, 5) is 0. The van der Waals surface area contributed by atoms with Crippen LogP contribution < -0.4 is 5.14 Å². The normalized spacial score (nSPS) is 16.9. The van der Waals surface area contributed by atoms with Crippen molar-refractivity contribution in [2.24, 2.45) is 5.14 Å². The predicted molar refractivity (Wildman–Crippen MR) is 48.2 cm³/mol. The Labute approximate surface area is 73.5 Å². The number of hydrogen-bond donors (Lipinski definition) is 1. The highest BCUT2D eigenvalue weighted by Crippen LogP contribution is 2.09. The molecule has 0 rings (SSSR count). The predicted octanol–water partition coefficient (Wildman–Crippen LogP) is 0.255. The van der Waals surface area contributed by atoms with Crippen molar-refractivity contribution in [3.63, 3.8) is 0 Å². The summed E-state index contributed by atoms with van der Waals surface area (Å²) < 4.78 is 26.7. The summed E-state index contributed by atoms with van der Waals surface area (Å²) in [7, 11) is -2.05. The molecule has 0 aliphatic carbocycles. The Hall–Kier alpha value is -0.390. The topological polar surface area (TPSA) is 69.4 Å². The van der Waals surface area contributed by atoms with Gasteiger partial charge in [0.05, 0.1) is 11.4 Å². The minimum absolute atomic E-state index is 0.405. The number of rotatable bonds is 5. The minimum Gasteiger partial charge on any atom is -0.380 e. The van der Waals surface area contributed by atoms with E-state index in [0.29, 0.717) is 6.42 Å². The number of hydrogen-bond acceptors (Lipinski definition) is 3. The monoisotopic (exact) mass is 193 g/mol. The molecule has 0 bridgehead atoms. The third-order valence-corrected chi connectivity index (χ3v) is 3.08. The highest BCUT2D eigenvalue weighted by atomic mass is 32.2. The first-order valence-corrected chi connectivity index (χ1v) is 5.19. The number of primary sulfonamides is 1. The van der Waals surface area contributed by atoms with Crippen LogP contribution in [-0.4, -0.2) is 26.9 Å². The van der Waals surface area contributed by atoms with Crippen molar-refractivity contribution in [1.29, 1.82) is 0 Å². The molecular weight excluding hydrogens is 178 g/mol. The summed E-state index contributed by atoms with van der Waals surface area (Å²) in [5.41, 5.74) is 0. The van der Waals surface area contributed by atoms with Crippen LogP contribution in [0.1, 0.15) is 13.3 Å². The molecular formula is C7H15NO3S. The second-order valence-corrected chi connectivity index (χ2v) is 4.51. The fourth-order valence-electron chi connectivity index (χ4n) is 0.855. The molecule has 0 aromatic rings. The van der Waals surface area contributed by atoms with Crippen molar-refractivity contribution in [2.75, 3.05) is 7.11 Å². The van der Waals surface area contributed by atoms with Gasteiger partial charge in [0.1, 0.15) is 0 Å². The van der Waals surface area contributed by atoms with E-state index in [1.165, 1.54) is 14.0 Å². The number of methoxy groups -OCH3 is 1. The fourth-order valence-corrected chi connectivity index (χ4v) is 1.50. The van der Waals surface area contributed by atoms with Crippen LogP contribution in [-0.2, 0) is 14.8 Å². The second-order valence-electron chi connectivity index (χ2n) is 2.59. The van der Waals surface area contributed by atoms with Crippen molar-refractivity contribution >= 4 is 10.0 Å². The van der Waals surface area contributed by atoms with Gasteiger partial charge in [0, 0.05) is 7.11 Å². The Bertz CT molecular complexity index is 235. The molecule has 12 heavy (non-hydrogen) atoms. The van der Waals surface area contributed by atoms with Gasteiger partial charge in [-0.15, -0.1) is 6.58 Å². The lowest BCUT2D eigenvalue weighted by molar-refractivity contribution is 0.104. The number of sulfonamides is 1. The van der Waals surface area contributed by atoms with Crippen LogP contribution in [0.3, 0.4) is 0 Å². The highest BCUT2D eigenvalue weighted by molar-refractivity contribution is 7.89. The molecule has 0 saturated heterocycles. The Morgan fingerprint density at radius 1 is 1.67 bits per heavy atom. The Morgan fingerprint density at radius 2 is 2.17 bits per heavy atom. The van der Waals surface area contributed by atoms with Gasteiger partial charge in [-0.2, -0.15) is 0 Å². The van der Waals surface area contributed by atoms with Gasteiger partial charge in [0.2, 0.25) is 10.0 Å². The molecule has 72 valence electrons. The van der Waals surface area contributed by atoms with Crippen LogP contribution in [0, 0.1) is 0 Å². The van der Waals surface area contributed by atoms with Gasteiger partial charge in [-0.05, 0) is 13.3 Å². The summed E-state index contributed by atoms with van der Waals surface area (Å²) in [6.45, 7) is 5.02. The summed E-state index contributed by atoms with van der Waals surface area (Å²) >= 11 is 0. The maximum atomic E-state index is 10.9. The molecule has 0 aliphatic heterocycles. The average molecular weight is 193 g/mol. The smallest absolute Gasteiger partial charge is 0.214 e. The first-order chi connectivity index (χ1) is 5.43. The molecule has 0 radical (unpaired) electrons. The lowest BCUT2D eigenvalue weighted by Gasteiger charge is -2.18. The van der Waals surface area contributed by atoms with Crippen LogP contribution in [0.2, 0.25) is 0 Å². The summed E-state index contributed by atoms with van der Waals surface area (Å²) in [6, 6.07) is 0. The standard InChI is InChI=1S/C7H15NO3S/c1-4-5-7(11-3)6(2)12(8,9)10/h4,6-7H,1,5H2,2-3H3,(H2,8,9,10). The lowest BCUT2D eigenvalue weighted by Crippen LogP contribution is -2.37. The Balaban J connectivity index is 4.41. The molecule has 0 aromatic heterocycles. The zero-order chi connectivity index (χ0) is 9.78. The van der Waals surface area contributed by atoms with Crippen LogP contribution in [0.15, 0.2) is 12.7 Å². The average Bonchev–Trinajstić information content (AvgIpc) is 1.97. The molecule has 0 aliphatic rings. The van der Waals surface area contributed by atoms with Gasteiger partial charge >= 0.3 is 0 Å². The quantitative estimate of drug-likeness (QED) is 0.636. The molecule has 0 amide bonds.